The van der Waals surface area contributed by atoms with Gasteiger partial charge in [-0.2, -0.15) is 0 Å². The third kappa shape index (κ3) is 3.17. The van der Waals surface area contributed by atoms with Crippen molar-refractivity contribution >= 4 is 11.8 Å². The summed E-state index contributed by atoms with van der Waals surface area (Å²) < 4.78 is 0. The largest absolute Gasteiger partial charge is 0.269 e. The van der Waals surface area contributed by atoms with Gasteiger partial charge in [-0.05, 0) is 60.8 Å². The molecule has 1 aliphatic carbocycles. The second kappa shape index (κ2) is 7.33. The molecule has 24 heavy (non-hydrogen) atoms. The number of rotatable bonds is 7. The number of amides is 2. The Hall–Kier alpha value is -1.90. The van der Waals surface area contributed by atoms with Crippen LogP contribution in [0.15, 0.2) is 24.3 Å². The minimum Gasteiger partial charge on any atom is -0.269 e. The molecular weight excluding hydrogens is 298 g/mol. The predicted molar refractivity (Wildman–Crippen MR) is 95.7 cm³/mol. The third-order valence-corrected chi connectivity index (χ3v) is 5.26. The van der Waals surface area contributed by atoms with Gasteiger partial charge in [0.05, 0.1) is 6.04 Å². The fourth-order valence-electron chi connectivity index (χ4n) is 3.92. The van der Waals surface area contributed by atoms with E-state index in [0.29, 0.717) is 0 Å². The molecule has 1 heterocycles. The molecule has 2 aliphatic rings. The van der Waals surface area contributed by atoms with Gasteiger partial charge in [0, 0.05) is 12.2 Å². The molecule has 1 aliphatic heterocycles. The fraction of sp³-hybridized carbons (Fsp3) is 0.524. The van der Waals surface area contributed by atoms with Gasteiger partial charge in [-0.1, -0.05) is 38.8 Å². The van der Waals surface area contributed by atoms with Crippen LogP contribution in [0.4, 0.5) is 0 Å². The average Bonchev–Trinajstić information content (AvgIpc) is 3.12. The Morgan fingerprint density at radius 1 is 0.958 bits per heavy atom. The number of hydrogen-bond donors (Lipinski definition) is 0. The van der Waals surface area contributed by atoms with Gasteiger partial charge in [0.25, 0.3) is 11.8 Å². The number of imide groups is 1. The summed E-state index contributed by atoms with van der Waals surface area (Å²) in [4.78, 5) is 25.6. The Bertz CT molecular complexity index is 657. The van der Waals surface area contributed by atoms with Crippen molar-refractivity contribution in [2.24, 2.45) is 0 Å². The number of carbonyl (C=O) groups is 2. The Morgan fingerprint density at radius 2 is 1.54 bits per heavy atom. The van der Waals surface area contributed by atoms with Gasteiger partial charge in [0.15, 0.2) is 0 Å². The molecule has 1 aromatic rings. The Balaban J connectivity index is 1.92. The van der Waals surface area contributed by atoms with Crippen molar-refractivity contribution in [3.05, 3.63) is 46.5 Å². The van der Waals surface area contributed by atoms with E-state index in [9.17, 15) is 9.59 Å². The molecule has 3 rings (SSSR count). The van der Waals surface area contributed by atoms with Crippen molar-refractivity contribution in [1.29, 1.82) is 0 Å². The van der Waals surface area contributed by atoms with E-state index in [1.54, 1.807) is 0 Å². The van der Waals surface area contributed by atoms with Crippen molar-refractivity contribution in [1.82, 2.24) is 4.90 Å². The summed E-state index contributed by atoms with van der Waals surface area (Å²) in [7, 11) is 0. The quantitative estimate of drug-likeness (QED) is 0.702. The standard InChI is InChI=1S/C21H27NO2/c1-3-5-7-15-13-17-9-10-19(22-20(23)11-12-21(22)24)18(17)14-16(15)8-6-4-2/h11-14,19H,3-10H2,1-2H3/t19-/m0/s1. The van der Waals surface area contributed by atoms with Crippen molar-refractivity contribution in [2.75, 3.05) is 0 Å². The maximum Gasteiger partial charge on any atom is 0.254 e. The number of benzene rings is 1. The smallest absolute Gasteiger partial charge is 0.254 e. The van der Waals surface area contributed by atoms with E-state index < -0.39 is 0 Å². The normalized spacial score (nSPS) is 19.4. The first-order chi connectivity index (χ1) is 11.7. The van der Waals surface area contributed by atoms with Crippen LogP contribution in [0.5, 0.6) is 0 Å². The molecule has 1 aromatic carbocycles. The van der Waals surface area contributed by atoms with Crippen LogP contribution in [0.1, 0.15) is 74.2 Å². The molecule has 2 amide bonds. The first-order valence-corrected chi connectivity index (χ1v) is 9.35. The zero-order valence-corrected chi connectivity index (χ0v) is 14.8. The van der Waals surface area contributed by atoms with E-state index in [2.05, 4.69) is 26.0 Å². The molecule has 0 fully saturated rings. The molecule has 0 unspecified atom stereocenters. The second-order valence-corrected chi connectivity index (χ2v) is 6.96. The van der Waals surface area contributed by atoms with Gasteiger partial charge in [-0.3, -0.25) is 14.5 Å². The van der Waals surface area contributed by atoms with Gasteiger partial charge in [0.1, 0.15) is 0 Å². The fourth-order valence-corrected chi connectivity index (χ4v) is 3.92. The van der Waals surface area contributed by atoms with Crippen LogP contribution in [-0.2, 0) is 28.9 Å². The summed E-state index contributed by atoms with van der Waals surface area (Å²) in [5.74, 6) is -0.328. The van der Waals surface area contributed by atoms with Crippen LogP contribution >= 0.6 is 0 Å². The van der Waals surface area contributed by atoms with Crippen molar-refractivity contribution < 1.29 is 9.59 Å². The summed E-state index contributed by atoms with van der Waals surface area (Å²) in [6, 6.07) is 4.58. The molecule has 0 aromatic heterocycles. The molecule has 1 atom stereocenters. The molecule has 0 spiro atoms. The second-order valence-electron chi connectivity index (χ2n) is 6.96. The zero-order chi connectivity index (χ0) is 17.1. The van der Waals surface area contributed by atoms with Crippen LogP contribution in [0.25, 0.3) is 0 Å². The van der Waals surface area contributed by atoms with E-state index in [0.717, 1.165) is 25.7 Å². The third-order valence-electron chi connectivity index (χ3n) is 5.26. The number of nitrogens with zero attached hydrogens (tertiary/aromatic N) is 1. The molecule has 0 radical (unpaired) electrons. The van der Waals surface area contributed by atoms with Crippen LogP contribution < -0.4 is 0 Å². The Labute approximate surface area is 144 Å². The van der Waals surface area contributed by atoms with Gasteiger partial charge in [0.2, 0.25) is 0 Å². The summed E-state index contributed by atoms with van der Waals surface area (Å²) in [5.41, 5.74) is 5.43. The van der Waals surface area contributed by atoms with Crippen LogP contribution in [0, 0.1) is 0 Å². The summed E-state index contributed by atoms with van der Waals surface area (Å²) >= 11 is 0. The van der Waals surface area contributed by atoms with Gasteiger partial charge in [-0.15, -0.1) is 0 Å². The maximum absolute atomic E-state index is 12.1. The monoisotopic (exact) mass is 325 g/mol. The van der Waals surface area contributed by atoms with E-state index in [-0.39, 0.29) is 17.9 Å². The van der Waals surface area contributed by atoms with E-state index >= 15 is 0 Å². The van der Waals surface area contributed by atoms with Gasteiger partial charge in [-0.25, -0.2) is 0 Å². The predicted octanol–water partition coefficient (Wildman–Crippen LogP) is 4.28. The number of hydrogen-bond acceptors (Lipinski definition) is 2. The lowest BCUT2D eigenvalue weighted by molar-refractivity contribution is -0.139. The first-order valence-electron chi connectivity index (χ1n) is 9.35. The first kappa shape index (κ1) is 16.9. The minimum atomic E-state index is -0.164. The minimum absolute atomic E-state index is 0.0735. The molecule has 0 bridgehead atoms. The number of aryl methyl sites for hydroxylation is 3. The molecule has 3 heteroatoms. The Kier molecular flexibility index (Phi) is 5.17. The van der Waals surface area contributed by atoms with Crippen molar-refractivity contribution in [3.8, 4) is 0 Å². The highest BCUT2D eigenvalue weighted by atomic mass is 16.2. The Morgan fingerprint density at radius 3 is 2.12 bits per heavy atom. The summed E-state index contributed by atoms with van der Waals surface area (Å²) in [6.45, 7) is 4.45. The van der Waals surface area contributed by atoms with E-state index in [1.807, 2.05) is 0 Å². The molecule has 0 saturated heterocycles. The van der Waals surface area contributed by atoms with E-state index in [1.165, 1.54) is 65.0 Å². The molecule has 3 nitrogen and oxygen atoms in total. The lowest BCUT2D eigenvalue weighted by Gasteiger charge is -2.24. The van der Waals surface area contributed by atoms with Crippen molar-refractivity contribution in [2.45, 2.75) is 71.3 Å². The topological polar surface area (TPSA) is 37.4 Å². The highest BCUT2D eigenvalue weighted by Gasteiger charge is 2.36. The van der Waals surface area contributed by atoms with E-state index in [4.69, 9.17) is 0 Å². The SMILES string of the molecule is CCCCc1cc2c(cc1CCCC)[C@@H](N1C(=O)C=CC1=O)CC2. The van der Waals surface area contributed by atoms with Gasteiger partial charge >= 0.3 is 0 Å². The summed E-state index contributed by atoms with van der Waals surface area (Å²) in [6.07, 6.45) is 11.6. The zero-order valence-electron chi connectivity index (χ0n) is 14.8. The van der Waals surface area contributed by atoms with Crippen LogP contribution in [0.2, 0.25) is 0 Å². The maximum atomic E-state index is 12.1. The number of fused-ring (bicyclic) bond motifs is 1. The van der Waals surface area contributed by atoms with Crippen molar-refractivity contribution in [3.63, 3.8) is 0 Å². The molecular formula is C21H27NO2. The lowest BCUT2D eigenvalue weighted by Crippen LogP contribution is -2.33. The van der Waals surface area contributed by atoms with Crippen LogP contribution in [-0.4, -0.2) is 16.7 Å². The lowest BCUT2D eigenvalue weighted by atomic mass is 9.92. The highest BCUT2D eigenvalue weighted by Crippen LogP contribution is 2.39. The summed E-state index contributed by atoms with van der Waals surface area (Å²) in [5, 5.41) is 0. The highest BCUT2D eigenvalue weighted by molar-refractivity contribution is 6.13. The number of carbonyl (C=O) groups excluding carboxylic acids is 2. The molecule has 0 saturated carbocycles. The molecule has 128 valence electrons. The van der Waals surface area contributed by atoms with Crippen LogP contribution in [0.3, 0.4) is 0 Å². The number of unbranched alkanes of at least 4 members (excludes halogenated alkanes) is 2. The average molecular weight is 325 g/mol. The van der Waals surface area contributed by atoms with Gasteiger partial charge < -0.3 is 0 Å². The molecule has 0 N–H and O–H groups in total.